The molecule has 3 fully saturated rings. The van der Waals surface area contributed by atoms with E-state index in [-0.39, 0.29) is 0 Å². The monoisotopic (exact) mass is 294 g/mol. The average molecular weight is 294 g/mol. The lowest BCUT2D eigenvalue weighted by atomic mass is 9.82. The Kier molecular flexibility index (Phi) is 4.69. The van der Waals surface area contributed by atoms with E-state index in [0.717, 1.165) is 57.1 Å². The largest absolute Gasteiger partial charge is 0.374 e. The second kappa shape index (κ2) is 6.53. The van der Waals surface area contributed by atoms with Crippen LogP contribution >= 0.6 is 0 Å². The lowest BCUT2D eigenvalue weighted by molar-refractivity contribution is 0.0767. The summed E-state index contributed by atoms with van der Waals surface area (Å²) >= 11 is 0. The van der Waals surface area contributed by atoms with Gasteiger partial charge in [-0.2, -0.15) is 0 Å². The molecular formula is C16H30N4O. The van der Waals surface area contributed by atoms with Crippen LogP contribution in [0.15, 0.2) is 4.99 Å². The summed E-state index contributed by atoms with van der Waals surface area (Å²) in [5.74, 6) is 2.59. The van der Waals surface area contributed by atoms with Crippen LogP contribution < -0.4 is 5.32 Å². The molecule has 3 saturated heterocycles. The van der Waals surface area contributed by atoms with Gasteiger partial charge in [0.1, 0.15) is 0 Å². The molecule has 3 aliphatic rings. The first kappa shape index (κ1) is 15.1. The number of nitrogens with zero attached hydrogens (tertiary/aromatic N) is 3. The number of ether oxygens (including phenoxy) is 1. The third-order valence-electron chi connectivity index (χ3n) is 5.37. The van der Waals surface area contributed by atoms with Crippen molar-refractivity contribution in [2.45, 2.75) is 38.9 Å². The standard InChI is InChI=1S/C16H30N4O/c1-4-17-16(18-8-9-19(3)5-2)20-10-12-13(11-20)15-7-6-14(12)21-15/h12-15H,4-11H2,1-3H3,(H,17,18). The third-order valence-corrected chi connectivity index (χ3v) is 5.37. The predicted octanol–water partition coefficient (Wildman–Crippen LogP) is 1.01. The minimum Gasteiger partial charge on any atom is -0.374 e. The molecule has 0 aromatic carbocycles. The number of likely N-dealkylation sites (tertiary alicyclic amines) is 1. The fourth-order valence-electron chi connectivity index (χ4n) is 4.04. The van der Waals surface area contributed by atoms with Gasteiger partial charge in [0, 0.05) is 38.0 Å². The average Bonchev–Trinajstić information content (AvgIpc) is 3.18. The highest BCUT2D eigenvalue weighted by Crippen LogP contribution is 2.47. The highest BCUT2D eigenvalue weighted by atomic mass is 16.5. The fraction of sp³-hybridized carbons (Fsp3) is 0.938. The highest BCUT2D eigenvalue weighted by molar-refractivity contribution is 5.80. The lowest BCUT2D eigenvalue weighted by Crippen LogP contribution is -2.41. The van der Waals surface area contributed by atoms with Gasteiger partial charge in [0.25, 0.3) is 0 Å². The van der Waals surface area contributed by atoms with E-state index in [1.807, 2.05) is 0 Å². The summed E-state index contributed by atoms with van der Waals surface area (Å²) in [5.41, 5.74) is 0. The van der Waals surface area contributed by atoms with Crippen LogP contribution in [0.3, 0.4) is 0 Å². The van der Waals surface area contributed by atoms with Crippen molar-refractivity contribution in [2.75, 3.05) is 46.3 Å². The van der Waals surface area contributed by atoms with Gasteiger partial charge in [-0.25, -0.2) is 0 Å². The summed E-state index contributed by atoms with van der Waals surface area (Å²) in [6.45, 7) is 10.5. The first-order valence-electron chi connectivity index (χ1n) is 8.60. The number of aliphatic imine (C=N–C) groups is 1. The molecule has 0 amide bonds. The van der Waals surface area contributed by atoms with Gasteiger partial charge >= 0.3 is 0 Å². The summed E-state index contributed by atoms with van der Waals surface area (Å²) in [6.07, 6.45) is 3.60. The quantitative estimate of drug-likeness (QED) is 0.607. The number of rotatable bonds is 5. The van der Waals surface area contributed by atoms with E-state index in [1.54, 1.807) is 0 Å². The van der Waals surface area contributed by atoms with Crippen LogP contribution in [0.5, 0.6) is 0 Å². The van der Waals surface area contributed by atoms with Crippen molar-refractivity contribution >= 4 is 5.96 Å². The van der Waals surface area contributed by atoms with Crippen LogP contribution in [0.2, 0.25) is 0 Å². The molecule has 2 bridgehead atoms. The molecule has 0 aromatic heterocycles. The first-order valence-corrected chi connectivity index (χ1v) is 8.60. The van der Waals surface area contributed by atoms with E-state index in [1.165, 1.54) is 12.8 Å². The summed E-state index contributed by atoms with van der Waals surface area (Å²) in [7, 11) is 2.15. The Balaban J connectivity index is 1.58. The zero-order valence-corrected chi connectivity index (χ0v) is 13.7. The Hall–Kier alpha value is -0.810. The second-order valence-electron chi connectivity index (χ2n) is 6.65. The highest BCUT2D eigenvalue weighted by Gasteiger charge is 2.53. The SMILES string of the molecule is CCNC(=NCCN(C)CC)N1CC2C3CCC(O3)C2C1. The van der Waals surface area contributed by atoms with Crippen molar-refractivity contribution in [3.63, 3.8) is 0 Å². The van der Waals surface area contributed by atoms with Crippen molar-refractivity contribution in [1.82, 2.24) is 15.1 Å². The molecule has 1 N–H and O–H groups in total. The first-order chi connectivity index (χ1) is 10.2. The Morgan fingerprint density at radius 2 is 1.90 bits per heavy atom. The fourth-order valence-corrected chi connectivity index (χ4v) is 4.04. The molecule has 5 heteroatoms. The van der Waals surface area contributed by atoms with Crippen LogP contribution in [0.25, 0.3) is 0 Å². The van der Waals surface area contributed by atoms with E-state index in [9.17, 15) is 0 Å². The van der Waals surface area contributed by atoms with Crippen molar-refractivity contribution in [3.8, 4) is 0 Å². The molecule has 4 unspecified atom stereocenters. The maximum atomic E-state index is 6.06. The van der Waals surface area contributed by atoms with Gasteiger partial charge in [-0.15, -0.1) is 0 Å². The molecule has 21 heavy (non-hydrogen) atoms. The zero-order chi connectivity index (χ0) is 14.8. The van der Waals surface area contributed by atoms with Crippen molar-refractivity contribution in [3.05, 3.63) is 0 Å². The van der Waals surface area contributed by atoms with Gasteiger partial charge in [0.05, 0.1) is 18.8 Å². The van der Waals surface area contributed by atoms with E-state index in [0.29, 0.717) is 12.2 Å². The molecule has 0 aromatic rings. The van der Waals surface area contributed by atoms with Gasteiger partial charge < -0.3 is 19.9 Å². The van der Waals surface area contributed by atoms with E-state index in [2.05, 4.69) is 36.0 Å². The zero-order valence-electron chi connectivity index (χ0n) is 13.7. The molecular weight excluding hydrogens is 264 g/mol. The van der Waals surface area contributed by atoms with Crippen molar-refractivity contribution in [2.24, 2.45) is 16.8 Å². The van der Waals surface area contributed by atoms with Crippen LogP contribution in [0.4, 0.5) is 0 Å². The Morgan fingerprint density at radius 3 is 2.48 bits per heavy atom. The summed E-state index contributed by atoms with van der Waals surface area (Å²) < 4.78 is 6.06. The number of fused-ring (bicyclic) bond motifs is 5. The molecule has 0 spiro atoms. The molecule has 3 heterocycles. The molecule has 0 radical (unpaired) electrons. The summed E-state index contributed by atoms with van der Waals surface area (Å²) in [6, 6.07) is 0. The van der Waals surface area contributed by atoms with Crippen LogP contribution in [0, 0.1) is 11.8 Å². The van der Waals surface area contributed by atoms with Crippen molar-refractivity contribution in [1.29, 1.82) is 0 Å². The van der Waals surface area contributed by atoms with Crippen LogP contribution in [0.1, 0.15) is 26.7 Å². The van der Waals surface area contributed by atoms with Gasteiger partial charge in [-0.1, -0.05) is 6.92 Å². The number of hydrogen-bond donors (Lipinski definition) is 1. The molecule has 4 atom stereocenters. The second-order valence-corrected chi connectivity index (χ2v) is 6.65. The number of hydrogen-bond acceptors (Lipinski definition) is 3. The molecule has 5 nitrogen and oxygen atoms in total. The van der Waals surface area contributed by atoms with E-state index >= 15 is 0 Å². The van der Waals surface area contributed by atoms with Gasteiger partial charge in [-0.3, -0.25) is 4.99 Å². The Labute approximate surface area is 128 Å². The third kappa shape index (κ3) is 3.04. The van der Waals surface area contributed by atoms with E-state index in [4.69, 9.17) is 9.73 Å². The topological polar surface area (TPSA) is 40.1 Å². The summed E-state index contributed by atoms with van der Waals surface area (Å²) in [5, 5.41) is 3.47. The van der Waals surface area contributed by atoms with Crippen LogP contribution in [-0.2, 0) is 4.74 Å². The molecule has 3 aliphatic heterocycles. The summed E-state index contributed by atoms with van der Waals surface area (Å²) in [4.78, 5) is 9.61. The Bertz CT molecular complexity index is 368. The molecule has 120 valence electrons. The van der Waals surface area contributed by atoms with Gasteiger partial charge in [0.15, 0.2) is 5.96 Å². The van der Waals surface area contributed by atoms with Gasteiger partial charge in [0.2, 0.25) is 0 Å². The number of nitrogens with one attached hydrogen (secondary N) is 1. The minimum atomic E-state index is 0.527. The van der Waals surface area contributed by atoms with Gasteiger partial charge in [-0.05, 0) is 33.4 Å². The lowest BCUT2D eigenvalue weighted by Gasteiger charge is -2.23. The maximum absolute atomic E-state index is 6.06. The number of guanidine groups is 1. The molecule has 0 saturated carbocycles. The van der Waals surface area contributed by atoms with E-state index < -0.39 is 0 Å². The number of likely N-dealkylation sites (N-methyl/N-ethyl adjacent to an activating group) is 1. The molecule has 3 rings (SSSR count). The smallest absolute Gasteiger partial charge is 0.193 e. The predicted molar refractivity (Wildman–Crippen MR) is 85.6 cm³/mol. The van der Waals surface area contributed by atoms with Crippen molar-refractivity contribution < 1.29 is 4.74 Å². The normalized spacial score (nSPS) is 34.9. The van der Waals surface area contributed by atoms with Crippen LogP contribution in [-0.4, -0.2) is 74.3 Å². The molecule has 0 aliphatic carbocycles. The Morgan fingerprint density at radius 1 is 1.24 bits per heavy atom. The minimum absolute atomic E-state index is 0.527. The maximum Gasteiger partial charge on any atom is 0.193 e.